The van der Waals surface area contributed by atoms with Gasteiger partial charge in [0.05, 0.1) is 19.1 Å². The molecule has 2 aromatic rings. The van der Waals surface area contributed by atoms with E-state index in [0.717, 1.165) is 10.9 Å². The van der Waals surface area contributed by atoms with Gasteiger partial charge >= 0.3 is 11.9 Å². The zero-order valence-electron chi connectivity index (χ0n) is 9.92. The Morgan fingerprint density at radius 2 is 2.06 bits per heavy atom. The molecule has 1 aromatic heterocycles. The lowest BCUT2D eigenvalue weighted by Crippen LogP contribution is -2.04. The maximum atomic E-state index is 11.6. The fraction of sp³-hybridized carbons (Fsp3) is 0.231. The molecule has 1 N–H and O–H groups in total. The fourth-order valence-corrected chi connectivity index (χ4v) is 1.92. The molecule has 1 aromatic carbocycles. The van der Waals surface area contributed by atoms with Crippen LogP contribution in [0.3, 0.4) is 0 Å². The maximum absolute atomic E-state index is 11.6. The molecule has 0 amide bonds. The molecular formula is C13H13NO4. The van der Waals surface area contributed by atoms with E-state index in [0.29, 0.717) is 12.1 Å². The summed E-state index contributed by atoms with van der Waals surface area (Å²) < 4.78 is 6.47. The number of carbonyl (C=O) groups is 2. The summed E-state index contributed by atoms with van der Waals surface area (Å²) in [5.74, 6) is -1.28. The van der Waals surface area contributed by atoms with Crippen molar-refractivity contribution in [1.29, 1.82) is 0 Å². The van der Waals surface area contributed by atoms with Crippen LogP contribution in [0, 0.1) is 0 Å². The van der Waals surface area contributed by atoms with Gasteiger partial charge in [0.15, 0.2) is 0 Å². The number of para-hydroxylation sites is 1. The molecule has 0 aliphatic carbocycles. The van der Waals surface area contributed by atoms with Crippen molar-refractivity contribution in [3.05, 3.63) is 36.0 Å². The first-order valence-corrected chi connectivity index (χ1v) is 5.51. The number of ether oxygens (including phenoxy) is 1. The summed E-state index contributed by atoms with van der Waals surface area (Å²) in [5.41, 5.74) is 1.29. The summed E-state index contributed by atoms with van der Waals surface area (Å²) in [6.45, 7) is 0.326. The number of carboxylic acid groups (broad SMARTS) is 1. The summed E-state index contributed by atoms with van der Waals surface area (Å²) in [5, 5.41) is 9.48. The second-order valence-corrected chi connectivity index (χ2v) is 3.89. The van der Waals surface area contributed by atoms with Crippen LogP contribution in [0.5, 0.6) is 0 Å². The SMILES string of the molecule is COC(=O)c1cn(CCC(=O)O)c2ccccc12. The Morgan fingerprint density at radius 1 is 1.33 bits per heavy atom. The van der Waals surface area contributed by atoms with E-state index in [-0.39, 0.29) is 6.42 Å². The van der Waals surface area contributed by atoms with Crippen LogP contribution in [-0.2, 0) is 16.1 Å². The first-order valence-electron chi connectivity index (χ1n) is 5.51. The molecular weight excluding hydrogens is 234 g/mol. The normalized spacial score (nSPS) is 10.5. The summed E-state index contributed by atoms with van der Waals surface area (Å²) in [7, 11) is 1.33. The Hall–Kier alpha value is -2.30. The second kappa shape index (κ2) is 4.91. The first kappa shape index (κ1) is 12.2. The van der Waals surface area contributed by atoms with Crippen molar-refractivity contribution in [3.8, 4) is 0 Å². The molecule has 2 rings (SSSR count). The molecule has 0 bridgehead atoms. The van der Waals surface area contributed by atoms with Crippen molar-refractivity contribution < 1.29 is 19.4 Å². The van der Waals surface area contributed by atoms with Crippen LogP contribution >= 0.6 is 0 Å². The Kier molecular flexibility index (Phi) is 3.32. The topological polar surface area (TPSA) is 68.5 Å². The Morgan fingerprint density at radius 3 is 2.72 bits per heavy atom. The second-order valence-electron chi connectivity index (χ2n) is 3.89. The molecule has 0 spiro atoms. The minimum absolute atomic E-state index is 0.0132. The highest BCUT2D eigenvalue weighted by Crippen LogP contribution is 2.22. The number of rotatable bonds is 4. The van der Waals surface area contributed by atoms with Crippen molar-refractivity contribution in [3.63, 3.8) is 0 Å². The Labute approximate surface area is 104 Å². The van der Waals surface area contributed by atoms with E-state index in [1.807, 2.05) is 24.3 Å². The average molecular weight is 247 g/mol. The molecule has 0 aliphatic heterocycles. The monoisotopic (exact) mass is 247 g/mol. The highest BCUT2D eigenvalue weighted by Gasteiger charge is 2.15. The van der Waals surface area contributed by atoms with Crippen LogP contribution in [-0.4, -0.2) is 28.7 Å². The minimum Gasteiger partial charge on any atom is -0.481 e. The predicted octanol–water partition coefficient (Wildman–Crippen LogP) is 1.90. The third-order valence-electron chi connectivity index (χ3n) is 2.76. The summed E-state index contributed by atoms with van der Waals surface area (Å²) in [6, 6.07) is 7.35. The van der Waals surface area contributed by atoms with Crippen molar-refractivity contribution in [2.75, 3.05) is 7.11 Å². The predicted molar refractivity (Wildman–Crippen MR) is 65.5 cm³/mol. The van der Waals surface area contributed by atoms with Gasteiger partial charge in [-0.2, -0.15) is 0 Å². The van der Waals surface area contributed by atoms with Gasteiger partial charge < -0.3 is 14.4 Å². The lowest BCUT2D eigenvalue weighted by molar-refractivity contribution is -0.137. The summed E-state index contributed by atoms with van der Waals surface area (Å²) in [4.78, 5) is 22.2. The molecule has 0 aliphatic rings. The lowest BCUT2D eigenvalue weighted by Gasteiger charge is -2.01. The number of nitrogens with zero attached hydrogens (tertiary/aromatic N) is 1. The number of carbonyl (C=O) groups excluding carboxylic acids is 1. The van der Waals surface area contributed by atoms with Gasteiger partial charge in [0, 0.05) is 23.6 Å². The van der Waals surface area contributed by atoms with E-state index in [2.05, 4.69) is 0 Å². The van der Waals surface area contributed by atoms with E-state index in [1.54, 1.807) is 10.8 Å². The van der Waals surface area contributed by atoms with Crippen molar-refractivity contribution >= 4 is 22.8 Å². The number of hydrogen-bond acceptors (Lipinski definition) is 3. The van der Waals surface area contributed by atoms with Crippen LogP contribution in [0.25, 0.3) is 10.9 Å². The quantitative estimate of drug-likeness (QED) is 0.838. The molecule has 0 unspecified atom stereocenters. The highest BCUT2D eigenvalue weighted by atomic mass is 16.5. The average Bonchev–Trinajstić information content (AvgIpc) is 2.74. The molecule has 0 radical (unpaired) electrons. The van der Waals surface area contributed by atoms with E-state index in [1.165, 1.54) is 7.11 Å². The Balaban J connectivity index is 2.47. The van der Waals surface area contributed by atoms with Gasteiger partial charge in [0.2, 0.25) is 0 Å². The zero-order valence-corrected chi connectivity index (χ0v) is 9.92. The standard InChI is InChI=1S/C13H13NO4/c1-18-13(17)10-8-14(7-6-12(15)16)11-5-3-2-4-9(10)11/h2-5,8H,6-7H2,1H3,(H,15,16). The third kappa shape index (κ3) is 2.20. The number of aryl methyl sites for hydroxylation is 1. The third-order valence-corrected chi connectivity index (χ3v) is 2.76. The molecule has 0 fully saturated rings. The zero-order chi connectivity index (χ0) is 13.1. The van der Waals surface area contributed by atoms with Crippen LogP contribution in [0.2, 0.25) is 0 Å². The van der Waals surface area contributed by atoms with Crippen molar-refractivity contribution in [2.45, 2.75) is 13.0 Å². The lowest BCUT2D eigenvalue weighted by atomic mass is 10.2. The molecule has 0 saturated heterocycles. The molecule has 0 saturated carbocycles. The van der Waals surface area contributed by atoms with E-state index in [9.17, 15) is 9.59 Å². The van der Waals surface area contributed by atoms with Crippen molar-refractivity contribution in [1.82, 2.24) is 4.57 Å². The number of fused-ring (bicyclic) bond motifs is 1. The number of carboxylic acids is 1. The van der Waals surface area contributed by atoms with Crippen LogP contribution in [0.4, 0.5) is 0 Å². The summed E-state index contributed by atoms with van der Waals surface area (Å²) >= 11 is 0. The number of aliphatic carboxylic acids is 1. The highest BCUT2D eigenvalue weighted by molar-refractivity contribution is 6.04. The minimum atomic E-state index is -0.868. The molecule has 5 heteroatoms. The molecule has 94 valence electrons. The fourth-order valence-electron chi connectivity index (χ4n) is 1.92. The number of hydrogen-bond donors (Lipinski definition) is 1. The number of aromatic nitrogens is 1. The number of esters is 1. The molecule has 0 atom stereocenters. The molecule has 1 heterocycles. The van der Waals surface area contributed by atoms with Crippen LogP contribution < -0.4 is 0 Å². The van der Waals surface area contributed by atoms with Gasteiger partial charge in [-0.05, 0) is 6.07 Å². The van der Waals surface area contributed by atoms with Crippen molar-refractivity contribution in [2.24, 2.45) is 0 Å². The van der Waals surface area contributed by atoms with E-state index < -0.39 is 11.9 Å². The van der Waals surface area contributed by atoms with Gasteiger partial charge in [-0.15, -0.1) is 0 Å². The number of methoxy groups -OCH3 is 1. The smallest absolute Gasteiger partial charge is 0.340 e. The molecule has 18 heavy (non-hydrogen) atoms. The van der Waals surface area contributed by atoms with Gasteiger partial charge in [-0.25, -0.2) is 4.79 Å². The van der Waals surface area contributed by atoms with Gasteiger partial charge in [-0.3, -0.25) is 4.79 Å². The van der Waals surface area contributed by atoms with Crippen LogP contribution in [0.1, 0.15) is 16.8 Å². The largest absolute Gasteiger partial charge is 0.481 e. The maximum Gasteiger partial charge on any atom is 0.340 e. The summed E-state index contributed by atoms with van der Waals surface area (Å²) in [6.07, 6.45) is 1.65. The van der Waals surface area contributed by atoms with E-state index in [4.69, 9.17) is 9.84 Å². The van der Waals surface area contributed by atoms with Gasteiger partial charge in [-0.1, -0.05) is 18.2 Å². The van der Waals surface area contributed by atoms with Crippen LogP contribution in [0.15, 0.2) is 30.5 Å². The van der Waals surface area contributed by atoms with Gasteiger partial charge in [0.1, 0.15) is 0 Å². The van der Waals surface area contributed by atoms with Gasteiger partial charge in [0.25, 0.3) is 0 Å². The Bertz CT molecular complexity index is 600. The first-order chi connectivity index (χ1) is 8.63. The number of benzene rings is 1. The molecule has 5 nitrogen and oxygen atoms in total. The van der Waals surface area contributed by atoms with E-state index >= 15 is 0 Å².